The van der Waals surface area contributed by atoms with E-state index < -0.39 is 4.92 Å². The van der Waals surface area contributed by atoms with Crippen LogP contribution in [0.1, 0.15) is 32.6 Å². The van der Waals surface area contributed by atoms with Gasteiger partial charge in [0.25, 0.3) is 0 Å². The van der Waals surface area contributed by atoms with Crippen molar-refractivity contribution >= 4 is 11.4 Å². The third-order valence-electron chi connectivity index (χ3n) is 4.13. The van der Waals surface area contributed by atoms with Crippen LogP contribution in [0, 0.1) is 15.5 Å². The fourth-order valence-corrected chi connectivity index (χ4v) is 2.92. The molecule has 2 N–H and O–H groups in total. The van der Waals surface area contributed by atoms with Crippen LogP contribution in [0.5, 0.6) is 5.75 Å². The van der Waals surface area contributed by atoms with Crippen molar-refractivity contribution in [1.29, 1.82) is 0 Å². The normalized spacial score (nSPS) is 16.7. The zero-order chi connectivity index (χ0) is 15.3. The Hall–Kier alpha value is -1.82. The monoisotopic (exact) mass is 294 g/mol. The summed E-state index contributed by atoms with van der Waals surface area (Å²) in [5.41, 5.74) is 0.256. The Balaban J connectivity index is 2.19. The lowest BCUT2D eigenvalue weighted by Crippen LogP contribution is -2.30. The number of nitro benzene ring substituents is 1. The summed E-state index contributed by atoms with van der Waals surface area (Å²) in [4.78, 5) is 10.9. The molecular formula is C15H22N2O4. The van der Waals surface area contributed by atoms with Crippen molar-refractivity contribution in [2.45, 2.75) is 32.6 Å². The van der Waals surface area contributed by atoms with Crippen LogP contribution in [0.15, 0.2) is 18.2 Å². The van der Waals surface area contributed by atoms with Crippen LogP contribution in [0.3, 0.4) is 0 Å². The van der Waals surface area contributed by atoms with E-state index in [-0.39, 0.29) is 23.5 Å². The van der Waals surface area contributed by atoms with E-state index in [0.717, 1.165) is 25.7 Å². The number of benzene rings is 1. The summed E-state index contributed by atoms with van der Waals surface area (Å²) in [7, 11) is 0. The molecule has 0 aromatic heterocycles. The molecule has 2 rings (SSSR count). The number of aliphatic hydroxyl groups excluding tert-OH is 1. The van der Waals surface area contributed by atoms with Crippen LogP contribution in [0.4, 0.5) is 11.4 Å². The Morgan fingerprint density at radius 2 is 2.14 bits per heavy atom. The van der Waals surface area contributed by atoms with Crippen LogP contribution in [0.2, 0.25) is 0 Å². The van der Waals surface area contributed by atoms with E-state index in [9.17, 15) is 15.2 Å². The lowest BCUT2D eigenvalue weighted by atomic mass is 9.87. The van der Waals surface area contributed by atoms with Gasteiger partial charge in [-0.2, -0.15) is 0 Å². The Morgan fingerprint density at radius 3 is 2.71 bits per heavy atom. The third-order valence-corrected chi connectivity index (χ3v) is 4.13. The van der Waals surface area contributed by atoms with Gasteiger partial charge in [0, 0.05) is 12.0 Å². The van der Waals surface area contributed by atoms with Crippen molar-refractivity contribution in [3.8, 4) is 5.75 Å². The summed E-state index contributed by atoms with van der Waals surface area (Å²) in [6, 6.07) is 5.02. The number of aliphatic hydroxyl groups is 1. The zero-order valence-corrected chi connectivity index (χ0v) is 12.3. The minimum Gasteiger partial charge on any atom is -0.487 e. The van der Waals surface area contributed by atoms with Crippen molar-refractivity contribution < 1.29 is 14.8 Å². The summed E-state index contributed by atoms with van der Waals surface area (Å²) >= 11 is 0. The predicted octanol–water partition coefficient (Wildman–Crippen LogP) is 2.96. The van der Waals surface area contributed by atoms with Crippen LogP contribution in [0.25, 0.3) is 0 Å². The molecule has 1 aliphatic carbocycles. The second-order valence-corrected chi connectivity index (χ2v) is 5.56. The highest BCUT2D eigenvalue weighted by molar-refractivity contribution is 5.68. The van der Waals surface area contributed by atoms with E-state index in [0.29, 0.717) is 18.8 Å². The molecule has 0 aliphatic heterocycles. The molecule has 21 heavy (non-hydrogen) atoms. The maximum Gasteiger partial charge on any atom is 0.333 e. The molecule has 0 radical (unpaired) electrons. The molecule has 6 heteroatoms. The van der Waals surface area contributed by atoms with Gasteiger partial charge in [-0.05, 0) is 31.9 Å². The molecule has 0 spiro atoms. The van der Waals surface area contributed by atoms with Gasteiger partial charge < -0.3 is 15.2 Å². The van der Waals surface area contributed by atoms with Crippen molar-refractivity contribution in [3.63, 3.8) is 0 Å². The average Bonchev–Trinajstić information content (AvgIpc) is 2.95. The summed E-state index contributed by atoms with van der Waals surface area (Å²) < 4.78 is 5.33. The predicted molar refractivity (Wildman–Crippen MR) is 80.7 cm³/mol. The summed E-state index contributed by atoms with van der Waals surface area (Å²) in [6.07, 6.45) is 4.11. The number of nitrogens with zero attached hydrogens (tertiary/aromatic N) is 1. The lowest BCUT2D eigenvalue weighted by Gasteiger charge is -2.27. The number of anilines is 1. The number of rotatable bonds is 7. The van der Waals surface area contributed by atoms with E-state index in [1.807, 2.05) is 0 Å². The molecule has 0 heterocycles. The largest absolute Gasteiger partial charge is 0.487 e. The number of ether oxygens (including phenoxy) is 1. The van der Waals surface area contributed by atoms with Crippen LogP contribution in [-0.4, -0.2) is 29.8 Å². The molecule has 1 saturated carbocycles. The molecule has 1 fully saturated rings. The van der Waals surface area contributed by atoms with Gasteiger partial charge in [-0.25, -0.2) is 0 Å². The minimum absolute atomic E-state index is 0.0366. The van der Waals surface area contributed by atoms with Gasteiger partial charge in [0.05, 0.1) is 18.1 Å². The summed E-state index contributed by atoms with van der Waals surface area (Å²) in [5.74, 6) is 0.275. The standard InChI is InChI=1S/C15H22N2O4/c1-2-21-13-7-5-6-12(14(13)17(19)20)16-10-15(11-18)8-3-4-9-15/h5-7,16,18H,2-4,8-11H2,1H3. The van der Waals surface area contributed by atoms with Gasteiger partial charge in [0.15, 0.2) is 5.75 Å². The van der Waals surface area contributed by atoms with Gasteiger partial charge in [0.1, 0.15) is 5.69 Å². The topological polar surface area (TPSA) is 84.6 Å². The van der Waals surface area contributed by atoms with Crippen molar-refractivity contribution in [2.75, 3.05) is 25.1 Å². The minimum atomic E-state index is -0.423. The fourth-order valence-electron chi connectivity index (χ4n) is 2.92. The second-order valence-electron chi connectivity index (χ2n) is 5.56. The second kappa shape index (κ2) is 6.76. The van der Waals surface area contributed by atoms with Crippen LogP contribution in [-0.2, 0) is 0 Å². The first kappa shape index (κ1) is 15.6. The molecule has 0 atom stereocenters. The molecule has 6 nitrogen and oxygen atoms in total. The highest BCUT2D eigenvalue weighted by Gasteiger charge is 2.33. The van der Waals surface area contributed by atoms with E-state index in [2.05, 4.69) is 5.32 Å². The Morgan fingerprint density at radius 1 is 1.43 bits per heavy atom. The van der Waals surface area contributed by atoms with Crippen LogP contribution >= 0.6 is 0 Å². The first-order valence-corrected chi connectivity index (χ1v) is 7.37. The maximum atomic E-state index is 11.3. The molecule has 0 amide bonds. The Labute approximate surface area is 124 Å². The summed E-state index contributed by atoms with van der Waals surface area (Å²) in [6.45, 7) is 2.83. The number of hydrogen-bond donors (Lipinski definition) is 2. The number of para-hydroxylation sites is 1. The van der Waals surface area contributed by atoms with Crippen LogP contribution < -0.4 is 10.1 Å². The summed E-state index contributed by atoms with van der Waals surface area (Å²) in [5, 5.41) is 24.1. The molecular weight excluding hydrogens is 272 g/mol. The van der Waals surface area contributed by atoms with Gasteiger partial charge >= 0.3 is 5.69 Å². The highest BCUT2D eigenvalue weighted by atomic mass is 16.6. The highest BCUT2D eigenvalue weighted by Crippen LogP contribution is 2.40. The molecule has 0 saturated heterocycles. The molecule has 0 unspecified atom stereocenters. The SMILES string of the molecule is CCOc1cccc(NCC2(CO)CCCC2)c1[N+](=O)[O-]. The quantitative estimate of drug-likeness (QED) is 0.596. The van der Waals surface area contributed by atoms with Gasteiger partial charge in [0.2, 0.25) is 0 Å². The Bertz CT molecular complexity index is 498. The molecule has 0 bridgehead atoms. The van der Waals surface area contributed by atoms with Gasteiger partial charge in [-0.1, -0.05) is 18.9 Å². The fraction of sp³-hybridized carbons (Fsp3) is 0.600. The number of nitro groups is 1. The van der Waals surface area contributed by atoms with Gasteiger partial charge in [-0.15, -0.1) is 0 Å². The van der Waals surface area contributed by atoms with Gasteiger partial charge in [-0.3, -0.25) is 10.1 Å². The molecule has 1 aromatic rings. The molecule has 1 aromatic carbocycles. The third kappa shape index (κ3) is 3.44. The van der Waals surface area contributed by atoms with E-state index in [4.69, 9.17) is 4.74 Å². The number of nitrogens with one attached hydrogen (secondary N) is 1. The maximum absolute atomic E-state index is 11.3. The lowest BCUT2D eigenvalue weighted by molar-refractivity contribution is -0.384. The molecule has 116 valence electrons. The Kier molecular flexibility index (Phi) is 5.01. The van der Waals surface area contributed by atoms with Crippen molar-refractivity contribution in [1.82, 2.24) is 0 Å². The molecule has 1 aliphatic rings. The van der Waals surface area contributed by atoms with E-state index >= 15 is 0 Å². The average molecular weight is 294 g/mol. The first-order chi connectivity index (χ1) is 10.1. The number of hydrogen-bond acceptors (Lipinski definition) is 5. The van der Waals surface area contributed by atoms with Crippen molar-refractivity contribution in [2.24, 2.45) is 5.41 Å². The first-order valence-electron chi connectivity index (χ1n) is 7.37. The van der Waals surface area contributed by atoms with E-state index in [1.165, 1.54) is 0 Å². The smallest absolute Gasteiger partial charge is 0.333 e. The van der Waals surface area contributed by atoms with E-state index in [1.54, 1.807) is 25.1 Å². The zero-order valence-electron chi connectivity index (χ0n) is 12.3. The van der Waals surface area contributed by atoms with Crippen molar-refractivity contribution in [3.05, 3.63) is 28.3 Å².